The first kappa shape index (κ1) is 21.2. The Kier molecular flexibility index (Phi) is 6.27. The summed E-state index contributed by atoms with van der Waals surface area (Å²) in [4.78, 5) is 0. The lowest BCUT2D eigenvalue weighted by Gasteiger charge is -2.59. The fraction of sp³-hybridized carbons (Fsp3) is 1.00. The van der Waals surface area contributed by atoms with Crippen molar-refractivity contribution in [1.29, 1.82) is 0 Å². The van der Waals surface area contributed by atoms with Crippen LogP contribution in [0.3, 0.4) is 0 Å². The summed E-state index contributed by atoms with van der Waals surface area (Å²) in [5.74, 6) is 7.12. The molecular weight excluding hydrogens is 336 g/mol. The van der Waals surface area contributed by atoms with Crippen LogP contribution >= 0.6 is 0 Å². The van der Waals surface area contributed by atoms with Gasteiger partial charge in [-0.2, -0.15) is 0 Å². The zero-order chi connectivity index (χ0) is 19.9. The fourth-order valence-corrected chi connectivity index (χ4v) is 9.50. The molecule has 4 aliphatic carbocycles. The van der Waals surface area contributed by atoms with Crippen molar-refractivity contribution < 1.29 is 0 Å². The van der Waals surface area contributed by atoms with Crippen LogP contribution < -0.4 is 0 Å². The minimum absolute atomic E-state index is 0.673. The summed E-state index contributed by atoms with van der Waals surface area (Å²) in [6.07, 6.45) is 21.4. The molecular formula is C28H50. The molecule has 4 rings (SSSR count). The molecule has 0 unspecified atom stereocenters. The van der Waals surface area contributed by atoms with E-state index in [1.165, 1.54) is 38.5 Å². The molecule has 0 heteroatoms. The van der Waals surface area contributed by atoms with Crippen LogP contribution in [-0.2, 0) is 0 Å². The Hall–Kier alpha value is 0. The highest BCUT2D eigenvalue weighted by molar-refractivity contribution is 5.08. The van der Waals surface area contributed by atoms with Crippen LogP contribution in [-0.4, -0.2) is 0 Å². The van der Waals surface area contributed by atoms with Crippen molar-refractivity contribution in [3.05, 3.63) is 0 Å². The van der Waals surface area contributed by atoms with E-state index in [1.807, 2.05) is 0 Å². The molecule has 0 N–H and O–H groups in total. The Bertz CT molecular complexity index is 520. The SMILES string of the molecule is CC(C)CCC[C@@H](C)[C@@H]1CC[C@@H]2[C@@H]3CC[C@H]4CCCCC[C@]4(C)[C@@H]3CC[C@]21C. The molecule has 0 amide bonds. The van der Waals surface area contributed by atoms with Gasteiger partial charge in [0.2, 0.25) is 0 Å². The highest BCUT2D eigenvalue weighted by atomic mass is 14.6. The minimum Gasteiger partial charge on any atom is -0.0628 e. The van der Waals surface area contributed by atoms with Crippen LogP contribution in [0.5, 0.6) is 0 Å². The predicted molar refractivity (Wildman–Crippen MR) is 122 cm³/mol. The Morgan fingerprint density at radius 1 is 0.714 bits per heavy atom. The van der Waals surface area contributed by atoms with E-state index in [1.54, 1.807) is 51.4 Å². The van der Waals surface area contributed by atoms with Crippen molar-refractivity contribution in [2.45, 2.75) is 125 Å². The van der Waals surface area contributed by atoms with Crippen LogP contribution in [0.25, 0.3) is 0 Å². The topological polar surface area (TPSA) is 0 Å². The van der Waals surface area contributed by atoms with E-state index in [0.717, 1.165) is 41.4 Å². The first-order valence-corrected chi connectivity index (χ1v) is 13.4. The van der Waals surface area contributed by atoms with Crippen molar-refractivity contribution in [1.82, 2.24) is 0 Å². The summed E-state index contributed by atoms with van der Waals surface area (Å²) in [7, 11) is 0. The third-order valence-electron chi connectivity index (χ3n) is 11.0. The van der Waals surface area contributed by atoms with E-state index >= 15 is 0 Å². The first-order chi connectivity index (χ1) is 13.4. The molecule has 0 aromatic carbocycles. The molecule has 0 bridgehead atoms. The Balaban J connectivity index is 1.47. The average Bonchev–Trinajstić information content (AvgIpc) is 2.87. The highest BCUT2D eigenvalue weighted by Gasteiger charge is 2.59. The molecule has 0 aromatic rings. The predicted octanol–water partition coefficient (Wildman–Crippen LogP) is 8.89. The van der Waals surface area contributed by atoms with E-state index < -0.39 is 0 Å². The summed E-state index contributed by atoms with van der Waals surface area (Å²) in [6, 6.07) is 0. The number of hydrogen-bond donors (Lipinski definition) is 0. The molecule has 4 aliphatic rings. The van der Waals surface area contributed by atoms with Gasteiger partial charge < -0.3 is 0 Å². The molecule has 0 radical (unpaired) electrons. The third kappa shape index (κ3) is 3.62. The number of hydrogen-bond acceptors (Lipinski definition) is 0. The Morgan fingerprint density at radius 2 is 1.50 bits per heavy atom. The monoisotopic (exact) mass is 386 g/mol. The standard InChI is InChI=1S/C28H50/c1-20(2)10-9-11-21(3)24-15-16-25-23-14-13-22-12-7-6-8-18-27(22,4)26(23)17-19-28(24,25)5/h20-26H,6-19H2,1-5H3/t21-,22-,23+,24+,25-,26-,27+,28+/m1/s1. The Morgan fingerprint density at radius 3 is 2.29 bits per heavy atom. The first-order valence-electron chi connectivity index (χ1n) is 13.4. The zero-order valence-corrected chi connectivity index (χ0v) is 19.9. The average molecular weight is 387 g/mol. The lowest BCUT2D eigenvalue weighted by atomic mass is 9.46. The van der Waals surface area contributed by atoms with E-state index in [4.69, 9.17) is 0 Å². The molecule has 0 heterocycles. The van der Waals surface area contributed by atoms with Gasteiger partial charge in [-0.15, -0.1) is 0 Å². The summed E-state index contributed by atoms with van der Waals surface area (Å²) >= 11 is 0. The minimum atomic E-state index is 0.673. The van der Waals surface area contributed by atoms with Gasteiger partial charge in [-0.05, 0) is 104 Å². The van der Waals surface area contributed by atoms with Crippen LogP contribution in [0, 0.1) is 52.3 Å². The Labute approximate surface area is 177 Å². The maximum absolute atomic E-state index is 2.76. The van der Waals surface area contributed by atoms with Gasteiger partial charge >= 0.3 is 0 Å². The summed E-state index contributed by atoms with van der Waals surface area (Å²) in [6.45, 7) is 12.9. The largest absolute Gasteiger partial charge is 0.0628 e. The summed E-state index contributed by atoms with van der Waals surface area (Å²) < 4.78 is 0. The van der Waals surface area contributed by atoms with Crippen molar-refractivity contribution >= 4 is 0 Å². The molecule has 162 valence electrons. The van der Waals surface area contributed by atoms with Crippen LogP contribution in [0.15, 0.2) is 0 Å². The van der Waals surface area contributed by atoms with Gasteiger partial charge in [0.1, 0.15) is 0 Å². The van der Waals surface area contributed by atoms with Crippen molar-refractivity contribution in [2.75, 3.05) is 0 Å². The maximum atomic E-state index is 2.76. The van der Waals surface area contributed by atoms with Gasteiger partial charge in [-0.3, -0.25) is 0 Å². The lowest BCUT2D eigenvalue weighted by Crippen LogP contribution is -2.52. The molecule has 4 saturated carbocycles. The second kappa shape index (κ2) is 8.26. The molecule has 0 saturated heterocycles. The fourth-order valence-electron chi connectivity index (χ4n) is 9.50. The van der Waals surface area contributed by atoms with Gasteiger partial charge in [0.05, 0.1) is 0 Å². The molecule has 0 nitrogen and oxygen atoms in total. The number of rotatable bonds is 5. The van der Waals surface area contributed by atoms with E-state index in [2.05, 4.69) is 34.6 Å². The van der Waals surface area contributed by atoms with Crippen LogP contribution in [0.2, 0.25) is 0 Å². The molecule has 0 spiro atoms. The third-order valence-corrected chi connectivity index (χ3v) is 11.0. The van der Waals surface area contributed by atoms with Crippen LogP contribution in [0.1, 0.15) is 125 Å². The summed E-state index contributed by atoms with van der Waals surface area (Å²) in [5, 5.41) is 0. The quantitative estimate of drug-likeness (QED) is 0.442. The molecule has 0 aliphatic heterocycles. The van der Waals surface area contributed by atoms with Crippen molar-refractivity contribution in [3.8, 4) is 0 Å². The van der Waals surface area contributed by atoms with Gasteiger partial charge in [0.25, 0.3) is 0 Å². The molecule has 0 aromatic heterocycles. The van der Waals surface area contributed by atoms with E-state index in [-0.39, 0.29) is 0 Å². The van der Waals surface area contributed by atoms with Gasteiger partial charge in [-0.25, -0.2) is 0 Å². The summed E-state index contributed by atoms with van der Waals surface area (Å²) in [5.41, 5.74) is 1.37. The van der Waals surface area contributed by atoms with Gasteiger partial charge in [0, 0.05) is 0 Å². The van der Waals surface area contributed by atoms with Crippen molar-refractivity contribution in [2.24, 2.45) is 52.3 Å². The van der Waals surface area contributed by atoms with Crippen LogP contribution in [0.4, 0.5) is 0 Å². The molecule has 4 fully saturated rings. The molecule has 8 atom stereocenters. The lowest BCUT2D eigenvalue weighted by molar-refractivity contribution is -0.103. The maximum Gasteiger partial charge on any atom is -0.0264 e. The smallest absolute Gasteiger partial charge is 0.0264 e. The van der Waals surface area contributed by atoms with E-state index in [0.29, 0.717) is 10.8 Å². The second-order valence-electron chi connectivity index (χ2n) is 12.8. The van der Waals surface area contributed by atoms with Crippen molar-refractivity contribution in [3.63, 3.8) is 0 Å². The molecule has 28 heavy (non-hydrogen) atoms. The van der Waals surface area contributed by atoms with Gasteiger partial charge in [0.15, 0.2) is 0 Å². The van der Waals surface area contributed by atoms with E-state index in [9.17, 15) is 0 Å². The zero-order valence-electron chi connectivity index (χ0n) is 19.9. The van der Waals surface area contributed by atoms with Gasteiger partial charge in [-0.1, -0.05) is 73.1 Å². The second-order valence-corrected chi connectivity index (χ2v) is 12.8. The highest BCUT2D eigenvalue weighted by Crippen LogP contribution is 2.68. The normalized spacial score (nSPS) is 47.1. The number of fused-ring (bicyclic) bond motifs is 5.